The van der Waals surface area contributed by atoms with Gasteiger partial charge in [-0.2, -0.15) is 11.3 Å². The fourth-order valence-corrected chi connectivity index (χ4v) is 5.22. The van der Waals surface area contributed by atoms with Crippen molar-refractivity contribution in [3.05, 3.63) is 34.5 Å². The lowest BCUT2D eigenvalue weighted by Gasteiger charge is -2.44. The summed E-state index contributed by atoms with van der Waals surface area (Å²) in [5.41, 5.74) is -3.30. The summed E-state index contributed by atoms with van der Waals surface area (Å²) >= 11 is 1.55. The predicted octanol–water partition coefficient (Wildman–Crippen LogP) is 1.52. The zero-order valence-corrected chi connectivity index (χ0v) is 19.4. The maximum Gasteiger partial charge on any atom is 0.229 e. The smallest absolute Gasteiger partial charge is 0.229 e. The number of amides is 1. The quantitative estimate of drug-likeness (QED) is 0.442. The Balaban J connectivity index is 1.89. The fourth-order valence-electron chi connectivity index (χ4n) is 4.63. The van der Waals surface area contributed by atoms with Crippen LogP contribution >= 0.6 is 11.3 Å². The first-order chi connectivity index (χ1) is 15.1. The zero-order valence-electron chi connectivity index (χ0n) is 18.6. The second-order valence-electron chi connectivity index (χ2n) is 8.47. The molecular weight excluding hydrogens is 428 g/mol. The third kappa shape index (κ3) is 2.92. The molecule has 3 aromatic rings. The number of nitrogens with one attached hydrogen (secondary N) is 2. The van der Waals surface area contributed by atoms with E-state index < -0.39 is 16.7 Å². The SMILES string of the molecule is CNC(=O)C1(C)[C@H](C)C[C@](O)(n2cnc3c(NC)nc(C#Cc4ccsc4)nc32)[C@@]1(C)O. The average Bonchev–Trinajstić information content (AvgIpc) is 3.47. The number of carbonyl (C=O) groups excluding carboxylic acids is 1. The van der Waals surface area contributed by atoms with Crippen molar-refractivity contribution in [1.82, 2.24) is 24.8 Å². The zero-order chi connectivity index (χ0) is 23.3. The highest BCUT2D eigenvalue weighted by Crippen LogP contribution is 2.58. The maximum absolute atomic E-state index is 12.8. The summed E-state index contributed by atoms with van der Waals surface area (Å²) in [6.45, 7) is 4.99. The number of aromatic nitrogens is 4. The normalized spacial score (nSPS) is 29.5. The molecule has 10 heteroatoms. The van der Waals surface area contributed by atoms with Crippen molar-refractivity contribution in [1.29, 1.82) is 0 Å². The molecule has 3 aromatic heterocycles. The van der Waals surface area contributed by atoms with Crippen LogP contribution in [0.1, 0.15) is 38.6 Å². The second kappa shape index (κ2) is 7.55. The Labute approximate surface area is 189 Å². The number of thiophene rings is 1. The monoisotopic (exact) mass is 454 g/mol. The Morgan fingerprint density at radius 3 is 2.66 bits per heavy atom. The molecule has 1 aliphatic carbocycles. The van der Waals surface area contributed by atoms with Crippen LogP contribution in [0.4, 0.5) is 5.82 Å². The number of anilines is 1. The molecule has 168 valence electrons. The molecule has 0 spiro atoms. The molecule has 1 amide bonds. The van der Waals surface area contributed by atoms with Gasteiger partial charge in [0.2, 0.25) is 11.7 Å². The molecule has 9 nitrogen and oxygen atoms in total. The Morgan fingerprint density at radius 1 is 1.28 bits per heavy atom. The van der Waals surface area contributed by atoms with E-state index in [1.807, 2.05) is 23.8 Å². The molecule has 1 fully saturated rings. The van der Waals surface area contributed by atoms with Crippen LogP contribution in [-0.2, 0) is 10.5 Å². The molecule has 1 unspecified atom stereocenters. The molecule has 4 N–H and O–H groups in total. The lowest BCUT2D eigenvalue weighted by Crippen LogP contribution is -2.61. The number of carbonyl (C=O) groups is 1. The van der Waals surface area contributed by atoms with Gasteiger partial charge in [0.05, 0.1) is 11.7 Å². The highest BCUT2D eigenvalue weighted by Gasteiger charge is 2.70. The van der Waals surface area contributed by atoms with E-state index in [1.165, 1.54) is 24.9 Å². The van der Waals surface area contributed by atoms with Gasteiger partial charge in [0, 0.05) is 31.5 Å². The molecule has 4 atom stereocenters. The van der Waals surface area contributed by atoms with E-state index in [9.17, 15) is 15.0 Å². The highest BCUT2D eigenvalue weighted by atomic mass is 32.1. The summed E-state index contributed by atoms with van der Waals surface area (Å²) < 4.78 is 1.44. The van der Waals surface area contributed by atoms with Gasteiger partial charge in [-0.3, -0.25) is 9.36 Å². The molecule has 1 saturated carbocycles. The molecule has 32 heavy (non-hydrogen) atoms. The van der Waals surface area contributed by atoms with E-state index in [2.05, 4.69) is 37.4 Å². The second-order valence-corrected chi connectivity index (χ2v) is 9.25. The van der Waals surface area contributed by atoms with E-state index >= 15 is 0 Å². The van der Waals surface area contributed by atoms with E-state index in [1.54, 1.807) is 25.3 Å². The number of fused-ring (bicyclic) bond motifs is 1. The first kappa shape index (κ1) is 22.2. The summed E-state index contributed by atoms with van der Waals surface area (Å²) in [5, 5.41) is 32.9. The van der Waals surface area contributed by atoms with E-state index in [-0.39, 0.29) is 24.1 Å². The number of hydrogen-bond donors (Lipinski definition) is 4. The highest BCUT2D eigenvalue weighted by molar-refractivity contribution is 7.08. The van der Waals surface area contributed by atoms with Gasteiger partial charge in [0.25, 0.3) is 0 Å². The summed E-state index contributed by atoms with van der Waals surface area (Å²) in [6.07, 6.45) is 1.55. The van der Waals surface area contributed by atoms with Gasteiger partial charge in [0.1, 0.15) is 5.60 Å². The third-order valence-electron chi connectivity index (χ3n) is 6.94. The van der Waals surface area contributed by atoms with Crippen molar-refractivity contribution < 1.29 is 15.0 Å². The van der Waals surface area contributed by atoms with Gasteiger partial charge in [-0.25, -0.2) is 15.0 Å². The lowest BCUT2D eigenvalue weighted by atomic mass is 9.70. The minimum atomic E-state index is -1.83. The van der Waals surface area contributed by atoms with Gasteiger partial charge in [-0.1, -0.05) is 12.8 Å². The number of rotatable bonds is 3. The predicted molar refractivity (Wildman–Crippen MR) is 122 cm³/mol. The number of nitrogens with zero attached hydrogens (tertiary/aromatic N) is 4. The molecule has 0 radical (unpaired) electrons. The Kier molecular flexibility index (Phi) is 5.24. The van der Waals surface area contributed by atoms with Gasteiger partial charge in [0.15, 0.2) is 22.7 Å². The number of hydrogen-bond acceptors (Lipinski definition) is 8. The van der Waals surface area contributed by atoms with E-state index in [4.69, 9.17) is 0 Å². The Hall–Kier alpha value is -3.00. The van der Waals surface area contributed by atoms with Crippen molar-refractivity contribution in [3.63, 3.8) is 0 Å². The van der Waals surface area contributed by atoms with Crippen LogP contribution in [-0.4, -0.2) is 55.3 Å². The van der Waals surface area contributed by atoms with E-state index in [0.717, 1.165) is 5.56 Å². The van der Waals surface area contributed by atoms with Gasteiger partial charge in [-0.05, 0) is 37.1 Å². The number of aliphatic hydroxyl groups is 2. The number of imidazole rings is 1. The third-order valence-corrected chi connectivity index (χ3v) is 7.62. The van der Waals surface area contributed by atoms with Crippen molar-refractivity contribution in [2.75, 3.05) is 19.4 Å². The Morgan fingerprint density at radius 2 is 2.03 bits per heavy atom. The first-order valence-electron chi connectivity index (χ1n) is 10.2. The topological polar surface area (TPSA) is 125 Å². The summed E-state index contributed by atoms with van der Waals surface area (Å²) in [7, 11) is 3.23. The van der Waals surface area contributed by atoms with E-state index in [0.29, 0.717) is 17.0 Å². The molecule has 0 saturated heterocycles. The van der Waals surface area contributed by atoms with Crippen molar-refractivity contribution >= 4 is 34.2 Å². The standard InChI is InChI=1S/C22H26N6O3S/c1-13-10-22(31,21(3,30)20(13,2)19(29)24-5)28-12-25-16-17(23-4)26-15(27-18(16)28)7-6-14-8-9-32-11-14/h8-9,11-13,30-31H,10H2,1-5H3,(H,24,29)(H,23,26,27)/t13-,20?,21+,22-/m1/s1. The van der Waals surface area contributed by atoms with Crippen LogP contribution in [0, 0.1) is 23.2 Å². The summed E-state index contributed by atoms with van der Waals surface area (Å²) in [5.74, 6) is 6.00. The lowest BCUT2D eigenvalue weighted by molar-refractivity contribution is -0.208. The molecule has 3 heterocycles. The first-order valence-corrected chi connectivity index (χ1v) is 11.2. The minimum absolute atomic E-state index is 0.129. The van der Waals surface area contributed by atoms with Crippen LogP contribution in [0.2, 0.25) is 0 Å². The van der Waals surface area contributed by atoms with Gasteiger partial charge in [-0.15, -0.1) is 0 Å². The van der Waals surface area contributed by atoms with Crippen LogP contribution in [0.5, 0.6) is 0 Å². The Bertz CT molecular complexity index is 1240. The summed E-state index contributed by atoms with van der Waals surface area (Å²) in [4.78, 5) is 26.1. The van der Waals surface area contributed by atoms with Crippen molar-refractivity contribution in [2.45, 2.75) is 38.5 Å². The molecule has 0 aliphatic heterocycles. The molecule has 4 rings (SSSR count). The van der Waals surface area contributed by atoms with Crippen LogP contribution < -0.4 is 10.6 Å². The largest absolute Gasteiger partial charge is 0.384 e. The molecule has 1 aliphatic rings. The van der Waals surface area contributed by atoms with Crippen molar-refractivity contribution in [3.8, 4) is 11.8 Å². The van der Waals surface area contributed by atoms with Crippen LogP contribution in [0.25, 0.3) is 11.2 Å². The van der Waals surface area contributed by atoms with Gasteiger partial charge < -0.3 is 20.8 Å². The minimum Gasteiger partial charge on any atom is -0.384 e. The van der Waals surface area contributed by atoms with Crippen LogP contribution in [0.3, 0.4) is 0 Å². The molecular formula is C22H26N6O3S. The van der Waals surface area contributed by atoms with Gasteiger partial charge >= 0.3 is 0 Å². The maximum atomic E-state index is 12.8. The fraction of sp³-hybridized carbons (Fsp3) is 0.455. The summed E-state index contributed by atoms with van der Waals surface area (Å²) in [6, 6.07) is 1.90. The van der Waals surface area contributed by atoms with Crippen molar-refractivity contribution in [2.24, 2.45) is 11.3 Å². The average molecular weight is 455 g/mol. The molecule has 0 aromatic carbocycles. The van der Waals surface area contributed by atoms with Crippen LogP contribution in [0.15, 0.2) is 23.2 Å². The molecule has 0 bridgehead atoms.